The molecule has 0 radical (unpaired) electrons. The second kappa shape index (κ2) is 11.0. The summed E-state index contributed by atoms with van der Waals surface area (Å²) in [6.45, 7) is 11.1. The van der Waals surface area contributed by atoms with Crippen LogP contribution in [0.15, 0.2) is 18.5 Å². The van der Waals surface area contributed by atoms with Crippen molar-refractivity contribution in [3.8, 4) is 10.6 Å². The van der Waals surface area contributed by atoms with Crippen LogP contribution in [0.2, 0.25) is 0 Å². The molecular weight excluding hydrogens is 544 g/mol. The molecule has 1 aliphatic carbocycles. The first-order chi connectivity index (χ1) is 19.1. The predicted octanol–water partition coefficient (Wildman–Crippen LogP) is 5.02. The maximum absolute atomic E-state index is 13.2. The molecule has 0 bridgehead atoms. The number of ether oxygens (including phenoxy) is 1. The van der Waals surface area contributed by atoms with Gasteiger partial charge >= 0.3 is 6.09 Å². The van der Waals surface area contributed by atoms with Crippen LogP contribution in [0.5, 0.6) is 0 Å². The fourth-order valence-electron chi connectivity index (χ4n) is 6.25. The lowest BCUT2D eigenvalue weighted by Crippen LogP contribution is -2.44. The lowest BCUT2D eigenvalue weighted by Gasteiger charge is -2.35. The average molecular weight is 583 g/mol. The highest BCUT2D eigenvalue weighted by Crippen LogP contribution is 2.46. The summed E-state index contributed by atoms with van der Waals surface area (Å²) in [5.41, 5.74) is 2.42. The summed E-state index contributed by atoms with van der Waals surface area (Å²) >= 11 is 3.16. The monoisotopic (exact) mass is 582 g/mol. The normalized spacial score (nSPS) is 24.2. The summed E-state index contributed by atoms with van der Waals surface area (Å²) in [7, 11) is 0. The molecule has 2 fully saturated rings. The van der Waals surface area contributed by atoms with E-state index in [1.54, 1.807) is 40.0 Å². The van der Waals surface area contributed by atoms with Gasteiger partial charge in [0.1, 0.15) is 21.1 Å². The number of nitrogens with zero attached hydrogens (tertiary/aromatic N) is 3. The van der Waals surface area contributed by atoms with Crippen LogP contribution in [-0.4, -0.2) is 64.2 Å². The second-order valence-electron chi connectivity index (χ2n) is 12.3. The minimum absolute atomic E-state index is 0.00738. The molecule has 3 N–H and O–H groups in total. The number of aromatic nitrogens is 2. The first-order valence-electron chi connectivity index (χ1n) is 14.2. The van der Waals surface area contributed by atoms with Crippen LogP contribution in [0.3, 0.4) is 0 Å². The highest BCUT2D eigenvalue weighted by Gasteiger charge is 2.37. The average Bonchev–Trinajstić information content (AvgIpc) is 3.64. The third-order valence-electron chi connectivity index (χ3n) is 8.16. The maximum atomic E-state index is 13.2. The van der Waals surface area contributed by atoms with Crippen molar-refractivity contribution in [2.75, 3.05) is 25.0 Å². The van der Waals surface area contributed by atoms with E-state index in [4.69, 9.17) is 9.72 Å². The van der Waals surface area contributed by atoms with E-state index in [1.807, 2.05) is 33.8 Å². The van der Waals surface area contributed by atoms with Gasteiger partial charge in [-0.1, -0.05) is 0 Å². The zero-order valence-corrected chi connectivity index (χ0v) is 25.2. The van der Waals surface area contributed by atoms with E-state index >= 15 is 0 Å². The van der Waals surface area contributed by atoms with E-state index in [9.17, 15) is 9.59 Å². The Balaban J connectivity index is 1.21. The van der Waals surface area contributed by atoms with Crippen LogP contribution < -0.4 is 16.0 Å². The number of carbonyl (C=O) groups is 2. The molecule has 1 saturated heterocycles. The molecule has 0 aromatic carbocycles. The molecule has 4 atom stereocenters. The Morgan fingerprint density at radius 3 is 2.70 bits per heavy atom. The van der Waals surface area contributed by atoms with Gasteiger partial charge in [0.25, 0.3) is 0 Å². The third kappa shape index (κ3) is 5.74. The Morgan fingerprint density at radius 2 is 1.98 bits per heavy atom. The molecule has 2 amide bonds. The van der Waals surface area contributed by atoms with Crippen molar-refractivity contribution in [2.45, 2.75) is 77.6 Å². The van der Waals surface area contributed by atoms with Crippen LogP contribution in [0, 0.1) is 11.8 Å². The molecule has 1 saturated carbocycles. The van der Waals surface area contributed by atoms with Crippen molar-refractivity contribution in [3.63, 3.8) is 0 Å². The van der Waals surface area contributed by atoms with Gasteiger partial charge in [-0.2, -0.15) is 0 Å². The number of hydrogen-bond acceptors (Lipinski definition) is 9. The lowest BCUT2D eigenvalue weighted by atomic mass is 9.97. The Kier molecular flexibility index (Phi) is 7.58. The van der Waals surface area contributed by atoms with Crippen molar-refractivity contribution < 1.29 is 14.3 Å². The lowest BCUT2D eigenvalue weighted by molar-refractivity contribution is -0.116. The van der Waals surface area contributed by atoms with Crippen molar-refractivity contribution >= 4 is 49.9 Å². The summed E-state index contributed by atoms with van der Waals surface area (Å²) in [4.78, 5) is 38.1. The van der Waals surface area contributed by atoms with Crippen molar-refractivity contribution in [2.24, 2.45) is 11.8 Å². The maximum Gasteiger partial charge on any atom is 0.410 e. The molecule has 214 valence electrons. The Bertz CT molecular complexity index is 1370. The SMILES string of the molecule is C[C@@H]1Cc2c(sc(NC(=O)CCNC3C[C@H]4CNC[C@H]4C3)c2-c2nc3cnccc3s2)CN1C(=O)OC(C)(C)C. The highest BCUT2D eigenvalue weighted by molar-refractivity contribution is 7.22. The number of amides is 2. The van der Waals surface area contributed by atoms with Gasteiger partial charge in [0, 0.05) is 41.7 Å². The van der Waals surface area contributed by atoms with E-state index in [0.717, 1.165) is 61.2 Å². The number of nitrogens with one attached hydrogen (secondary N) is 3. The molecule has 0 spiro atoms. The molecule has 3 aliphatic rings. The third-order valence-corrected chi connectivity index (χ3v) is 10.3. The summed E-state index contributed by atoms with van der Waals surface area (Å²) in [6.07, 6.45) is 6.71. The molecule has 6 rings (SSSR count). The van der Waals surface area contributed by atoms with Gasteiger partial charge in [-0.15, -0.1) is 22.7 Å². The van der Waals surface area contributed by atoms with E-state index in [1.165, 1.54) is 12.8 Å². The number of hydrogen-bond donors (Lipinski definition) is 3. The van der Waals surface area contributed by atoms with E-state index in [0.29, 0.717) is 32.0 Å². The molecular formula is C29H38N6O3S2. The number of rotatable bonds is 6. The van der Waals surface area contributed by atoms with Gasteiger partial charge in [-0.3, -0.25) is 9.78 Å². The van der Waals surface area contributed by atoms with Gasteiger partial charge in [-0.05, 0) is 83.5 Å². The summed E-state index contributed by atoms with van der Waals surface area (Å²) in [5, 5.41) is 12.0. The number of thiophene rings is 1. The van der Waals surface area contributed by atoms with Gasteiger partial charge < -0.3 is 25.6 Å². The first-order valence-corrected chi connectivity index (χ1v) is 15.9. The van der Waals surface area contributed by atoms with Crippen molar-refractivity contribution in [1.29, 1.82) is 0 Å². The summed E-state index contributed by atoms with van der Waals surface area (Å²) in [6, 6.07) is 2.44. The zero-order chi connectivity index (χ0) is 28.0. The minimum Gasteiger partial charge on any atom is -0.444 e. The van der Waals surface area contributed by atoms with Crippen molar-refractivity contribution in [1.82, 2.24) is 25.5 Å². The molecule has 5 heterocycles. The van der Waals surface area contributed by atoms with Gasteiger partial charge in [0.15, 0.2) is 0 Å². The van der Waals surface area contributed by atoms with E-state index < -0.39 is 5.60 Å². The molecule has 2 aliphatic heterocycles. The van der Waals surface area contributed by atoms with Crippen LogP contribution in [0.25, 0.3) is 20.8 Å². The van der Waals surface area contributed by atoms with Gasteiger partial charge in [-0.25, -0.2) is 9.78 Å². The fraction of sp³-hybridized carbons (Fsp3) is 0.586. The Hall–Kier alpha value is -2.60. The molecule has 3 aromatic heterocycles. The van der Waals surface area contributed by atoms with Crippen LogP contribution >= 0.6 is 22.7 Å². The smallest absolute Gasteiger partial charge is 0.410 e. The molecule has 3 aromatic rings. The van der Waals surface area contributed by atoms with E-state index in [2.05, 4.69) is 20.9 Å². The quantitative estimate of drug-likeness (QED) is 0.375. The number of thiazole rings is 1. The summed E-state index contributed by atoms with van der Waals surface area (Å²) < 4.78 is 6.75. The fourth-order valence-corrected chi connectivity index (χ4v) is 8.57. The zero-order valence-electron chi connectivity index (χ0n) is 23.6. The number of carbonyl (C=O) groups excluding carboxylic acids is 2. The van der Waals surface area contributed by atoms with Crippen LogP contribution in [0.1, 0.15) is 57.4 Å². The largest absolute Gasteiger partial charge is 0.444 e. The van der Waals surface area contributed by atoms with Crippen molar-refractivity contribution in [3.05, 3.63) is 28.9 Å². The van der Waals surface area contributed by atoms with Gasteiger partial charge in [0.2, 0.25) is 5.91 Å². The van der Waals surface area contributed by atoms with Gasteiger partial charge in [0.05, 0.1) is 17.4 Å². The molecule has 40 heavy (non-hydrogen) atoms. The molecule has 1 unspecified atom stereocenters. The first kappa shape index (κ1) is 27.6. The van der Waals surface area contributed by atoms with Crippen LogP contribution in [-0.2, 0) is 22.5 Å². The minimum atomic E-state index is -0.561. The Morgan fingerprint density at radius 1 is 1.20 bits per heavy atom. The molecule has 9 nitrogen and oxygen atoms in total. The predicted molar refractivity (Wildman–Crippen MR) is 160 cm³/mol. The Labute approximate surface area is 243 Å². The second-order valence-corrected chi connectivity index (χ2v) is 14.5. The van der Waals surface area contributed by atoms with E-state index in [-0.39, 0.29) is 18.0 Å². The molecule has 11 heteroatoms. The highest BCUT2D eigenvalue weighted by atomic mass is 32.1. The summed E-state index contributed by atoms with van der Waals surface area (Å²) in [5.74, 6) is 1.54. The number of anilines is 1. The topological polar surface area (TPSA) is 108 Å². The number of pyridine rings is 1. The van der Waals surface area contributed by atoms with Crippen LogP contribution in [0.4, 0.5) is 9.80 Å². The number of fused-ring (bicyclic) bond motifs is 3. The standard InChI is InChI=1S/C29H38N6O3S2/c1-16-9-20-23(15-35(16)28(37)38-29(2,3)4)40-27(25(20)26-33-21-14-30-7-5-22(21)39-26)34-24(36)6-8-32-19-10-17-12-31-13-18(17)11-19/h5,7,14,16-19,31-32H,6,8-13,15H2,1-4H3,(H,34,36)/t16-,17-,18+,19?/m1/s1.